The predicted octanol–water partition coefficient (Wildman–Crippen LogP) is 5.01. The fraction of sp³-hybridized carbons (Fsp3) is 0.233. The molecule has 3 aromatic carbocycles. The maximum atomic E-state index is 11.5. The van der Waals surface area contributed by atoms with Gasteiger partial charge in [-0.2, -0.15) is 5.10 Å². The van der Waals surface area contributed by atoms with Gasteiger partial charge in [0.05, 0.1) is 37.4 Å². The Morgan fingerprint density at radius 1 is 1.10 bits per heavy atom. The zero-order chi connectivity index (χ0) is 26.9. The second kappa shape index (κ2) is 10.3. The Morgan fingerprint density at radius 2 is 1.92 bits per heavy atom. The van der Waals surface area contributed by atoms with Crippen LogP contribution in [0.4, 0.5) is 5.82 Å². The van der Waals surface area contributed by atoms with Crippen molar-refractivity contribution in [2.45, 2.75) is 25.5 Å². The molecule has 0 saturated carbocycles. The highest BCUT2D eigenvalue weighted by Crippen LogP contribution is 2.33. The molecule has 1 aliphatic rings. The molecule has 0 amide bonds. The molecular formula is C30H28N4O5. The van der Waals surface area contributed by atoms with Crippen LogP contribution in [-0.2, 0) is 22.6 Å². The molecule has 1 atom stereocenters. The molecule has 1 saturated heterocycles. The van der Waals surface area contributed by atoms with E-state index in [0.717, 1.165) is 44.9 Å². The van der Waals surface area contributed by atoms with Gasteiger partial charge in [-0.05, 0) is 53.3 Å². The van der Waals surface area contributed by atoms with Crippen LogP contribution in [0.25, 0.3) is 32.8 Å². The number of nitrogens with two attached hydrogens (primary N) is 1. The summed E-state index contributed by atoms with van der Waals surface area (Å²) >= 11 is 0. The van der Waals surface area contributed by atoms with Gasteiger partial charge in [-0.15, -0.1) is 0 Å². The van der Waals surface area contributed by atoms with Gasteiger partial charge in [0.2, 0.25) is 0 Å². The lowest BCUT2D eigenvalue weighted by Gasteiger charge is -2.16. The third kappa shape index (κ3) is 4.84. The number of pyridine rings is 1. The van der Waals surface area contributed by atoms with E-state index in [1.54, 1.807) is 31.5 Å². The van der Waals surface area contributed by atoms with E-state index in [1.165, 1.54) is 0 Å². The van der Waals surface area contributed by atoms with E-state index in [2.05, 4.69) is 29.2 Å². The highest BCUT2D eigenvalue weighted by Gasteiger charge is 2.24. The Kier molecular flexibility index (Phi) is 6.50. The Balaban J connectivity index is 1.42. The zero-order valence-corrected chi connectivity index (χ0v) is 21.5. The standard InChI is InChI=1S/C30H28N4O5/c1-37-23-6-4-21(14-29(35)36)28(15-23)39-17-27-25-13-20(5-7-26(25)33-34(27)22-9-11-38-16-22)19-3-2-18-8-10-32-30(31)24(18)12-19/h2-8,10,12-13,15,22H,9,11,14,16-17H2,1H3,(H2,31,32)(H,35,36). The minimum absolute atomic E-state index is 0.0924. The second-order valence-electron chi connectivity index (χ2n) is 9.61. The predicted molar refractivity (Wildman–Crippen MR) is 148 cm³/mol. The summed E-state index contributed by atoms with van der Waals surface area (Å²) in [5, 5.41) is 17.2. The minimum atomic E-state index is -0.931. The molecule has 0 bridgehead atoms. The first-order chi connectivity index (χ1) is 19.0. The van der Waals surface area contributed by atoms with E-state index in [0.29, 0.717) is 36.1 Å². The first-order valence-electron chi connectivity index (χ1n) is 12.7. The molecule has 0 radical (unpaired) electrons. The van der Waals surface area contributed by atoms with Gasteiger partial charge in [-0.3, -0.25) is 9.48 Å². The van der Waals surface area contributed by atoms with E-state index >= 15 is 0 Å². The lowest BCUT2D eigenvalue weighted by atomic mass is 10.00. The summed E-state index contributed by atoms with van der Waals surface area (Å²) in [5.41, 5.74) is 10.5. The summed E-state index contributed by atoms with van der Waals surface area (Å²) < 4.78 is 19.3. The quantitative estimate of drug-likeness (QED) is 0.291. The summed E-state index contributed by atoms with van der Waals surface area (Å²) in [5.74, 6) is 0.622. The molecule has 3 N–H and O–H groups in total. The van der Waals surface area contributed by atoms with Crippen molar-refractivity contribution in [2.24, 2.45) is 0 Å². The number of rotatable bonds is 8. The molecule has 2 aromatic heterocycles. The second-order valence-corrected chi connectivity index (χ2v) is 9.61. The van der Waals surface area contributed by atoms with Gasteiger partial charge in [0.15, 0.2) is 0 Å². The molecule has 1 unspecified atom stereocenters. The number of methoxy groups -OCH3 is 1. The van der Waals surface area contributed by atoms with Gasteiger partial charge >= 0.3 is 5.97 Å². The van der Waals surface area contributed by atoms with Crippen LogP contribution >= 0.6 is 0 Å². The lowest BCUT2D eigenvalue weighted by molar-refractivity contribution is -0.136. The van der Waals surface area contributed by atoms with Crippen molar-refractivity contribution in [3.05, 3.63) is 78.1 Å². The first-order valence-corrected chi connectivity index (χ1v) is 12.7. The Labute approximate surface area is 224 Å². The summed E-state index contributed by atoms with van der Waals surface area (Å²) in [7, 11) is 1.57. The number of benzene rings is 3. The fourth-order valence-electron chi connectivity index (χ4n) is 5.12. The number of fused-ring (bicyclic) bond motifs is 2. The van der Waals surface area contributed by atoms with Crippen LogP contribution in [0.3, 0.4) is 0 Å². The monoisotopic (exact) mass is 524 g/mol. The molecule has 9 heteroatoms. The van der Waals surface area contributed by atoms with Crippen molar-refractivity contribution in [3.8, 4) is 22.6 Å². The SMILES string of the molecule is COc1ccc(CC(=O)O)c(OCc2c3cc(-c4ccc5ccnc(N)c5c4)ccc3nn2C2CCOC2)c1. The maximum Gasteiger partial charge on any atom is 0.307 e. The third-order valence-corrected chi connectivity index (χ3v) is 7.16. The Bertz CT molecular complexity index is 1690. The molecule has 5 aromatic rings. The van der Waals surface area contributed by atoms with Crippen LogP contribution in [0.2, 0.25) is 0 Å². The van der Waals surface area contributed by atoms with Crippen molar-refractivity contribution in [3.63, 3.8) is 0 Å². The molecular weight excluding hydrogens is 496 g/mol. The largest absolute Gasteiger partial charge is 0.497 e. The number of aliphatic carboxylic acids is 1. The highest BCUT2D eigenvalue weighted by atomic mass is 16.5. The van der Waals surface area contributed by atoms with Crippen LogP contribution in [0, 0.1) is 0 Å². The molecule has 3 heterocycles. The maximum absolute atomic E-state index is 11.5. The smallest absolute Gasteiger partial charge is 0.307 e. The molecule has 1 aliphatic heterocycles. The number of hydrogen-bond acceptors (Lipinski definition) is 7. The number of carboxylic acids is 1. The van der Waals surface area contributed by atoms with Gasteiger partial charge < -0.3 is 25.1 Å². The topological polar surface area (TPSA) is 122 Å². The molecule has 198 valence electrons. The van der Waals surface area contributed by atoms with Gasteiger partial charge in [0.1, 0.15) is 23.9 Å². The molecule has 0 aliphatic carbocycles. The number of carboxylic acid groups (broad SMARTS) is 1. The molecule has 0 spiro atoms. The van der Waals surface area contributed by atoms with E-state index < -0.39 is 5.97 Å². The normalized spacial score (nSPS) is 15.2. The average Bonchev–Trinajstić information content (AvgIpc) is 3.60. The van der Waals surface area contributed by atoms with Crippen LogP contribution < -0.4 is 15.2 Å². The number of carbonyl (C=O) groups is 1. The average molecular weight is 525 g/mol. The number of anilines is 1. The fourth-order valence-corrected chi connectivity index (χ4v) is 5.12. The van der Waals surface area contributed by atoms with E-state index in [-0.39, 0.29) is 19.1 Å². The summed E-state index contributed by atoms with van der Waals surface area (Å²) in [6.45, 7) is 1.46. The van der Waals surface area contributed by atoms with Crippen molar-refractivity contribution in [1.82, 2.24) is 14.8 Å². The van der Waals surface area contributed by atoms with Crippen LogP contribution in [0.1, 0.15) is 23.7 Å². The zero-order valence-electron chi connectivity index (χ0n) is 21.5. The number of aromatic nitrogens is 3. The first kappa shape index (κ1) is 24.7. The lowest BCUT2D eigenvalue weighted by Crippen LogP contribution is -2.15. The highest BCUT2D eigenvalue weighted by molar-refractivity contribution is 5.95. The Morgan fingerprint density at radius 3 is 2.69 bits per heavy atom. The molecule has 1 fully saturated rings. The minimum Gasteiger partial charge on any atom is -0.497 e. The third-order valence-electron chi connectivity index (χ3n) is 7.16. The molecule has 9 nitrogen and oxygen atoms in total. The van der Waals surface area contributed by atoms with E-state index in [4.69, 9.17) is 25.0 Å². The number of ether oxygens (including phenoxy) is 3. The molecule has 39 heavy (non-hydrogen) atoms. The summed E-state index contributed by atoms with van der Waals surface area (Å²) in [4.78, 5) is 15.7. The van der Waals surface area contributed by atoms with Gasteiger partial charge in [-0.25, -0.2) is 4.98 Å². The van der Waals surface area contributed by atoms with Crippen molar-refractivity contribution >= 4 is 33.5 Å². The number of nitrogen functional groups attached to an aromatic ring is 1. The Hall–Kier alpha value is -4.63. The van der Waals surface area contributed by atoms with Crippen LogP contribution in [0.5, 0.6) is 11.5 Å². The van der Waals surface area contributed by atoms with E-state index in [1.807, 2.05) is 22.9 Å². The van der Waals surface area contributed by atoms with Crippen molar-refractivity contribution in [1.29, 1.82) is 0 Å². The summed E-state index contributed by atoms with van der Waals surface area (Å²) in [6.07, 6.45) is 2.41. The number of hydrogen-bond donors (Lipinski definition) is 2. The van der Waals surface area contributed by atoms with Gasteiger partial charge in [0.25, 0.3) is 0 Å². The molecule has 6 rings (SSSR count). The van der Waals surface area contributed by atoms with Crippen molar-refractivity contribution < 1.29 is 24.1 Å². The van der Waals surface area contributed by atoms with Crippen LogP contribution in [-0.4, -0.2) is 46.2 Å². The van der Waals surface area contributed by atoms with Gasteiger partial charge in [0, 0.05) is 35.2 Å². The van der Waals surface area contributed by atoms with E-state index in [9.17, 15) is 9.90 Å². The van der Waals surface area contributed by atoms with Crippen LogP contribution in [0.15, 0.2) is 66.9 Å². The summed E-state index contributed by atoms with van der Waals surface area (Å²) in [6, 6.07) is 19.6. The number of nitrogens with zero attached hydrogens (tertiary/aromatic N) is 3. The van der Waals surface area contributed by atoms with Gasteiger partial charge in [-0.1, -0.05) is 24.3 Å². The van der Waals surface area contributed by atoms with Crippen molar-refractivity contribution in [2.75, 3.05) is 26.1 Å².